The highest BCUT2D eigenvalue weighted by Gasteiger charge is 2.27. The molecule has 112 valence electrons. The van der Waals surface area contributed by atoms with Gasteiger partial charge in [0.25, 0.3) is 0 Å². The van der Waals surface area contributed by atoms with Crippen molar-refractivity contribution in [2.24, 2.45) is 5.73 Å². The minimum atomic E-state index is -0.994. The van der Waals surface area contributed by atoms with Crippen LogP contribution in [0.3, 0.4) is 0 Å². The molecule has 1 heterocycles. The Kier molecular flexibility index (Phi) is 5.08. The number of carboxylic acid groups (broad SMARTS) is 1. The Bertz CT molecular complexity index is 556. The molecule has 1 aliphatic rings. The number of rotatable bonds is 5. The first-order valence-electron chi connectivity index (χ1n) is 6.68. The highest BCUT2D eigenvalue weighted by atomic mass is 16.5. The van der Waals surface area contributed by atoms with Crippen LogP contribution >= 0.6 is 0 Å². The summed E-state index contributed by atoms with van der Waals surface area (Å²) in [5.74, 6) is -1.40. The lowest BCUT2D eigenvalue weighted by Gasteiger charge is -2.33. The average Bonchev–Trinajstić information content (AvgIpc) is 2.46. The molecule has 1 amide bonds. The zero-order valence-corrected chi connectivity index (χ0v) is 11.6. The molecule has 0 aliphatic carbocycles. The zero-order valence-electron chi connectivity index (χ0n) is 11.6. The third-order valence-corrected chi connectivity index (χ3v) is 3.40. The van der Waals surface area contributed by atoms with E-state index < -0.39 is 17.9 Å². The molecule has 1 saturated heterocycles. The quantitative estimate of drug-likeness (QED) is 0.769. The Morgan fingerprint density at radius 2 is 2.19 bits per heavy atom. The van der Waals surface area contributed by atoms with E-state index in [9.17, 15) is 9.59 Å². The number of carbonyl (C=O) groups excluding carboxylic acids is 1. The number of aliphatic carboxylic acids is 1. The van der Waals surface area contributed by atoms with E-state index in [-0.39, 0.29) is 0 Å². The van der Waals surface area contributed by atoms with Gasteiger partial charge in [-0.15, -0.1) is 0 Å². The van der Waals surface area contributed by atoms with Crippen LogP contribution in [-0.4, -0.2) is 47.7 Å². The van der Waals surface area contributed by atoms with Crippen molar-refractivity contribution in [1.29, 1.82) is 0 Å². The molecule has 0 spiro atoms. The van der Waals surface area contributed by atoms with Gasteiger partial charge in [0.15, 0.2) is 0 Å². The van der Waals surface area contributed by atoms with Crippen molar-refractivity contribution in [1.82, 2.24) is 4.90 Å². The van der Waals surface area contributed by atoms with Crippen molar-refractivity contribution in [3.8, 4) is 0 Å². The van der Waals surface area contributed by atoms with Gasteiger partial charge in [0, 0.05) is 19.2 Å². The zero-order chi connectivity index (χ0) is 15.2. The maximum Gasteiger partial charge on any atom is 0.328 e. The normalized spacial score (nSPS) is 19.7. The van der Waals surface area contributed by atoms with Crippen LogP contribution < -0.4 is 5.73 Å². The number of hydrogen-bond donors (Lipinski definition) is 2. The molecule has 1 aliphatic heterocycles. The van der Waals surface area contributed by atoms with E-state index in [2.05, 4.69) is 0 Å². The molecule has 6 nitrogen and oxygen atoms in total. The van der Waals surface area contributed by atoms with Crippen LogP contribution in [0.2, 0.25) is 0 Å². The van der Waals surface area contributed by atoms with Gasteiger partial charge in [-0.3, -0.25) is 9.69 Å². The number of primary amides is 1. The molecule has 1 unspecified atom stereocenters. The summed E-state index contributed by atoms with van der Waals surface area (Å²) in [5, 5.41) is 8.73. The van der Waals surface area contributed by atoms with Gasteiger partial charge < -0.3 is 15.6 Å². The van der Waals surface area contributed by atoms with Crippen LogP contribution in [0.25, 0.3) is 6.08 Å². The van der Waals surface area contributed by atoms with Crippen molar-refractivity contribution in [3.05, 3.63) is 41.5 Å². The smallest absolute Gasteiger partial charge is 0.328 e. The molecule has 1 fully saturated rings. The number of ether oxygens (including phenoxy) is 1. The molecule has 1 aromatic carbocycles. The lowest BCUT2D eigenvalue weighted by atomic mass is 10.0. The highest BCUT2D eigenvalue weighted by Crippen LogP contribution is 2.17. The van der Waals surface area contributed by atoms with Gasteiger partial charge in [-0.2, -0.15) is 0 Å². The van der Waals surface area contributed by atoms with Crippen LogP contribution in [0.4, 0.5) is 0 Å². The van der Waals surface area contributed by atoms with E-state index in [1.54, 1.807) is 6.08 Å². The minimum absolute atomic E-state index is 0.294. The summed E-state index contributed by atoms with van der Waals surface area (Å²) >= 11 is 0. The number of benzene rings is 1. The molecule has 21 heavy (non-hydrogen) atoms. The summed E-state index contributed by atoms with van der Waals surface area (Å²) in [4.78, 5) is 24.1. The fraction of sp³-hybridized carbons (Fsp3) is 0.333. The van der Waals surface area contributed by atoms with E-state index in [4.69, 9.17) is 15.6 Å². The van der Waals surface area contributed by atoms with Gasteiger partial charge in [0.1, 0.15) is 6.04 Å². The second-order valence-electron chi connectivity index (χ2n) is 4.83. The largest absolute Gasteiger partial charge is 0.478 e. The molecule has 6 heteroatoms. The van der Waals surface area contributed by atoms with Crippen LogP contribution in [0, 0.1) is 0 Å². The van der Waals surface area contributed by atoms with E-state index in [1.165, 1.54) is 0 Å². The fourth-order valence-electron chi connectivity index (χ4n) is 2.31. The second-order valence-corrected chi connectivity index (χ2v) is 4.83. The minimum Gasteiger partial charge on any atom is -0.478 e. The number of carboxylic acids is 1. The number of morpholine rings is 1. The average molecular weight is 290 g/mol. The summed E-state index contributed by atoms with van der Waals surface area (Å²) in [7, 11) is 0. The summed E-state index contributed by atoms with van der Waals surface area (Å²) in [6, 6.07) is 7.03. The predicted octanol–water partition coefficient (Wildman–Crippen LogP) is 0.471. The molecule has 0 radical (unpaired) electrons. The SMILES string of the molecule is NC(=O)C1COCCN1Cc1ccccc1/C=C/C(=O)O. The molecule has 1 atom stereocenters. The third kappa shape index (κ3) is 4.14. The monoisotopic (exact) mass is 290 g/mol. The predicted molar refractivity (Wildman–Crippen MR) is 77.3 cm³/mol. The Morgan fingerprint density at radius 1 is 1.43 bits per heavy atom. The molecule has 0 bridgehead atoms. The molecular weight excluding hydrogens is 272 g/mol. The standard InChI is InChI=1S/C15H18N2O4/c16-15(20)13-10-21-8-7-17(13)9-12-4-2-1-3-11(12)5-6-14(18)19/h1-6,13H,7-10H2,(H2,16,20)(H,18,19)/b6-5+. The Labute approximate surface area is 122 Å². The van der Waals surface area contributed by atoms with Gasteiger partial charge in [0.2, 0.25) is 5.91 Å². The molecular formula is C15H18N2O4. The first-order chi connectivity index (χ1) is 10.1. The van der Waals surface area contributed by atoms with E-state index in [0.29, 0.717) is 26.3 Å². The summed E-state index contributed by atoms with van der Waals surface area (Å²) in [6.07, 6.45) is 2.65. The van der Waals surface area contributed by atoms with Crippen LogP contribution in [0.1, 0.15) is 11.1 Å². The molecule has 2 rings (SSSR count). The van der Waals surface area contributed by atoms with Gasteiger partial charge in [0.05, 0.1) is 13.2 Å². The first-order valence-corrected chi connectivity index (χ1v) is 6.68. The summed E-state index contributed by atoms with van der Waals surface area (Å²) in [5.41, 5.74) is 7.16. The summed E-state index contributed by atoms with van der Waals surface area (Å²) < 4.78 is 5.29. The Balaban J connectivity index is 2.18. The lowest BCUT2D eigenvalue weighted by molar-refractivity contribution is -0.131. The van der Waals surface area contributed by atoms with Gasteiger partial charge in [-0.1, -0.05) is 24.3 Å². The lowest BCUT2D eigenvalue weighted by Crippen LogP contribution is -2.51. The topological polar surface area (TPSA) is 92.9 Å². The Morgan fingerprint density at radius 3 is 2.90 bits per heavy atom. The van der Waals surface area contributed by atoms with E-state index in [1.807, 2.05) is 29.2 Å². The maximum atomic E-state index is 11.5. The van der Waals surface area contributed by atoms with Gasteiger partial charge in [-0.05, 0) is 17.2 Å². The molecule has 1 aromatic rings. The maximum absolute atomic E-state index is 11.5. The van der Waals surface area contributed by atoms with Crippen LogP contribution in [0.5, 0.6) is 0 Å². The number of carbonyl (C=O) groups is 2. The van der Waals surface area contributed by atoms with Crippen LogP contribution in [-0.2, 0) is 20.9 Å². The van der Waals surface area contributed by atoms with Crippen molar-refractivity contribution >= 4 is 18.0 Å². The highest BCUT2D eigenvalue weighted by molar-refractivity contribution is 5.85. The number of nitrogens with two attached hydrogens (primary N) is 1. The second kappa shape index (κ2) is 7.01. The fourth-order valence-corrected chi connectivity index (χ4v) is 2.31. The Hall–Kier alpha value is -2.18. The third-order valence-electron chi connectivity index (χ3n) is 3.40. The van der Waals surface area contributed by atoms with Crippen molar-refractivity contribution in [2.45, 2.75) is 12.6 Å². The number of nitrogens with zero attached hydrogens (tertiary/aromatic N) is 1. The number of hydrogen-bond acceptors (Lipinski definition) is 4. The van der Waals surface area contributed by atoms with Gasteiger partial charge >= 0.3 is 5.97 Å². The first kappa shape index (κ1) is 15.2. The molecule has 3 N–H and O–H groups in total. The van der Waals surface area contributed by atoms with Gasteiger partial charge in [-0.25, -0.2) is 4.79 Å². The van der Waals surface area contributed by atoms with E-state index >= 15 is 0 Å². The van der Waals surface area contributed by atoms with Crippen LogP contribution in [0.15, 0.2) is 30.3 Å². The summed E-state index contributed by atoms with van der Waals surface area (Å²) in [6.45, 7) is 1.99. The van der Waals surface area contributed by atoms with Crippen molar-refractivity contribution in [2.75, 3.05) is 19.8 Å². The molecule has 0 saturated carbocycles. The van der Waals surface area contributed by atoms with Crippen molar-refractivity contribution < 1.29 is 19.4 Å². The van der Waals surface area contributed by atoms with E-state index in [0.717, 1.165) is 17.2 Å². The van der Waals surface area contributed by atoms with Crippen molar-refractivity contribution in [3.63, 3.8) is 0 Å². The number of amides is 1. The molecule has 0 aromatic heterocycles.